The Morgan fingerprint density at radius 2 is 2.00 bits per heavy atom. The molecule has 0 unspecified atom stereocenters. The van der Waals surface area contributed by atoms with Crippen LogP contribution >= 0.6 is 0 Å². The minimum Gasteiger partial charge on any atom is -0.373 e. The van der Waals surface area contributed by atoms with Crippen molar-refractivity contribution < 1.29 is 0 Å². The topological polar surface area (TPSA) is 37.8 Å². The fourth-order valence-electron chi connectivity index (χ4n) is 2.98. The van der Waals surface area contributed by atoms with E-state index >= 15 is 0 Å². The summed E-state index contributed by atoms with van der Waals surface area (Å²) in [5, 5.41) is 3.18. The number of nitrogens with zero attached hydrogens (tertiary/aromatic N) is 2. The molecule has 1 aliphatic rings. The quantitative estimate of drug-likeness (QED) is 0.909. The normalized spacial score (nSPS) is 14.9. The molecular formula is C17H21N3. The first kappa shape index (κ1) is 13.1. The molecule has 0 radical (unpaired) electrons. The molecule has 3 rings (SSSR count). The van der Waals surface area contributed by atoms with Crippen LogP contribution in [0.4, 0.5) is 5.82 Å². The molecule has 1 N–H and O–H groups in total. The highest BCUT2D eigenvalue weighted by Gasteiger charge is 2.23. The predicted octanol–water partition coefficient (Wildman–Crippen LogP) is 4.02. The summed E-state index contributed by atoms with van der Waals surface area (Å²) in [7, 11) is 1.92. The third-order valence-corrected chi connectivity index (χ3v) is 4.30. The van der Waals surface area contributed by atoms with Gasteiger partial charge in [0.25, 0.3) is 0 Å². The number of nitrogens with one attached hydrogen (secondary N) is 1. The van der Waals surface area contributed by atoms with Crippen LogP contribution in [-0.2, 0) is 6.42 Å². The van der Waals surface area contributed by atoms with E-state index in [4.69, 9.17) is 0 Å². The van der Waals surface area contributed by atoms with Gasteiger partial charge in [0.15, 0.2) is 0 Å². The van der Waals surface area contributed by atoms with Crippen molar-refractivity contribution in [1.82, 2.24) is 9.97 Å². The summed E-state index contributed by atoms with van der Waals surface area (Å²) in [6.07, 6.45) is 6.57. The van der Waals surface area contributed by atoms with Crippen LogP contribution in [0.1, 0.15) is 43.2 Å². The van der Waals surface area contributed by atoms with Crippen molar-refractivity contribution in [3.63, 3.8) is 0 Å². The van der Waals surface area contributed by atoms with E-state index in [1.165, 1.54) is 36.0 Å². The average Bonchev–Trinajstić information content (AvgIpc) is 2.45. The van der Waals surface area contributed by atoms with Gasteiger partial charge in [0.2, 0.25) is 0 Å². The molecule has 1 saturated carbocycles. The van der Waals surface area contributed by atoms with Gasteiger partial charge in [-0.1, -0.05) is 37.6 Å². The largest absolute Gasteiger partial charge is 0.373 e. The van der Waals surface area contributed by atoms with Gasteiger partial charge < -0.3 is 5.32 Å². The van der Waals surface area contributed by atoms with Gasteiger partial charge in [0.05, 0.1) is 5.69 Å². The van der Waals surface area contributed by atoms with Crippen LogP contribution in [0.15, 0.2) is 30.6 Å². The van der Waals surface area contributed by atoms with E-state index in [2.05, 4.69) is 46.5 Å². The summed E-state index contributed by atoms with van der Waals surface area (Å²) in [5.74, 6) is 1.66. The maximum Gasteiger partial charge on any atom is 0.132 e. The molecule has 1 aliphatic carbocycles. The minimum atomic E-state index is 0.712. The first-order chi connectivity index (χ1) is 9.85. The molecule has 1 aromatic heterocycles. The molecule has 3 nitrogen and oxygen atoms in total. The Balaban J connectivity index is 2.13. The van der Waals surface area contributed by atoms with Crippen LogP contribution in [0.5, 0.6) is 0 Å². The molecular weight excluding hydrogens is 246 g/mol. The highest BCUT2D eigenvalue weighted by Crippen LogP contribution is 2.41. The molecule has 104 valence electrons. The zero-order valence-corrected chi connectivity index (χ0v) is 12.2. The number of aromatic nitrogens is 2. The molecule has 0 bridgehead atoms. The van der Waals surface area contributed by atoms with Crippen LogP contribution < -0.4 is 5.32 Å². The molecule has 3 heteroatoms. The van der Waals surface area contributed by atoms with Crippen molar-refractivity contribution in [1.29, 1.82) is 0 Å². The Hall–Kier alpha value is -1.90. The van der Waals surface area contributed by atoms with Gasteiger partial charge in [0, 0.05) is 18.2 Å². The second-order valence-electron chi connectivity index (χ2n) is 5.37. The monoisotopic (exact) mass is 267 g/mol. The van der Waals surface area contributed by atoms with Crippen molar-refractivity contribution in [2.45, 2.75) is 38.5 Å². The molecule has 2 aromatic rings. The van der Waals surface area contributed by atoms with Crippen LogP contribution in [0.25, 0.3) is 11.3 Å². The van der Waals surface area contributed by atoms with E-state index in [9.17, 15) is 0 Å². The lowest BCUT2D eigenvalue weighted by molar-refractivity contribution is 0.420. The number of anilines is 1. The lowest BCUT2D eigenvalue weighted by atomic mass is 9.77. The molecule has 1 fully saturated rings. The minimum absolute atomic E-state index is 0.712. The summed E-state index contributed by atoms with van der Waals surface area (Å²) < 4.78 is 0. The highest BCUT2D eigenvalue weighted by atomic mass is 15.0. The number of hydrogen-bond acceptors (Lipinski definition) is 3. The zero-order chi connectivity index (χ0) is 13.9. The molecule has 0 atom stereocenters. The van der Waals surface area contributed by atoms with Crippen LogP contribution in [0, 0.1) is 0 Å². The summed E-state index contributed by atoms with van der Waals surface area (Å²) in [5.41, 5.74) is 5.04. The maximum absolute atomic E-state index is 4.58. The van der Waals surface area contributed by atoms with Gasteiger partial charge in [-0.3, -0.25) is 0 Å². The first-order valence-corrected chi connectivity index (χ1v) is 7.46. The van der Waals surface area contributed by atoms with Crippen molar-refractivity contribution in [2.75, 3.05) is 12.4 Å². The van der Waals surface area contributed by atoms with Crippen molar-refractivity contribution >= 4 is 5.82 Å². The molecule has 0 spiro atoms. The van der Waals surface area contributed by atoms with Gasteiger partial charge in [-0.2, -0.15) is 0 Å². The van der Waals surface area contributed by atoms with Gasteiger partial charge in [-0.25, -0.2) is 9.97 Å². The molecule has 20 heavy (non-hydrogen) atoms. The number of hydrogen-bond donors (Lipinski definition) is 1. The van der Waals surface area contributed by atoms with Crippen LogP contribution in [-0.4, -0.2) is 17.0 Å². The molecule has 1 aromatic carbocycles. The second-order valence-corrected chi connectivity index (χ2v) is 5.37. The third-order valence-electron chi connectivity index (χ3n) is 4.30. The fourth-order valence-corrected chi connectivity index (χ4v) is 2.98. The van der Waals surface area contributed by atoms with Gasteiger partial charge in [0.1, 0.15) is 12.1 Å². The van der Waals surface area contributed by atoms with Gasteiger partial charge in [-0.05, 0) is 30.7 Å². The van der Waals surface area contributed by atoms with Gasteiger partial charge in [-0.15, -0.1) is 0 Å². The van der Waals surface area contributed by atoms with E-state index in [1.807, 2.05) is 7.05 Å². The molecule has 1 heterocycles. The average molecular weight is 267 g/mol. The zero-order valence-electron chi connectivity index (χ0n) is 12.2. The van der Waals surface area contributed by atoms with Crippen molar-refractivity contribution in [3.8, 4) is 11.3 Å². The summed E-state index contributed by atoms with van der Waals surface area (Å²) in [6, 6.07) is 8.72. The Bertz CT molecular complexity index is 603. The standard InChI is InChI=1S/C17H21N3/c1-3-13-16(19-11-20-17(13)18-2)15-10-5-4-9-14(15)12-7-6-8-12/h4-5,9-12H,3,6-8H2,1-2H3,(H,18,19,20). The maximum atomic E-state index is 4.58. The van der Waals surface area contributed by atoms with E-state index in [1.54, 1.807) is 6.33 Å². The Morgan fingerprint density at radius 3 is 2.65 bits per heavy atom. The lowest BCUT2D eigenvalue weighted by Crippen LogP contribution is -2.11. The van der Waals surface area contributed by atoms with Crippen LogP contribution in [0.3, 0.4) is 0 Å². The summed E-state index contributed by atoms with van der Waals surface area (Å²) >= 11 is 0. The SMILES string of the molecule is CCc1c(NC)ncnc1-c1ccccc1C1CCC1. The predicted molar refractivity (Wildman–Crippen MR) is 83.0 cm³/mol. The number of rotatable bonds is 4. The van der Waals surface area contributed by atoms with Gasteiger partial charge >= 0.3 is 0 Å². The Labute approximate surface area is 120 Å². The highest BCUT2D eigenvalue weighted by molar-refractivity contribution is 5.71. The smallest absolute Gasteiger partial charge is 0.132 e. The fraction of sp³-hybridized carbons (Fsp3) is 0.412. The summed E-state index contributed by atoms with van der Waals surface area (Å²) in [6.45, 7) is 2.16. The molecule has 0 saturated heterocycles. The lowest BCUT2D eigenvalue weighted by Gasteiger charge is -2.28. The molecule has 0 amide bonds. The second kappa shape index (κ2) is 5.61. The van der Waals surface area contributed by atoms with E-state index < -0.39 is 0 Å². The van der Waals surface area contributed by atoms with E-state index in [-0.39, 0.29) is 0 Å². The third kappa shape index (κ3) is 2.17. The first-order valence-electron chi connectivity index (χ1n) is 7.46. The number of benzene rings is 1. The van der Waals surface area contributed by atoms with Crippen molar-refractivity contribution in [2.24, 2.45) is 0 Å². The molecule has 0 aliphatic heterocycles. The van der Waals surface area contributed by atoms with Crippen LogP contribution in [0.2, 0.25) is 0 Å². The Morgan fingerprint density at radius 1 is 1.20 bits per heavy atom. The van der Waals surface area contributed by atoms with Crippen molar-refractivity contribution in [3.05, 3.63) is 41.7 Å². The van der Waals surface area contributed by atoms with E-state index in [0.717, 1.165) is 17.9 Å². The van der Waals surface area contributed by atoms with E-state index in [0.29, 0.717) is 5.92 Å². The summed E-state index contributed by atoms with van der Waals surface area (Å²) in [4.78, 5) is 8.92. The Kier molecular flexibility index (Phi) is 3.68.